The fraction of sp³-hybridized carbons (Fsp3) is 0.353. The van der Waals surface area contributed by atoms with Crippen LogP contribution in [0.4, 0.5) is 0 Å². The second-order valence-electron chi connectivity index (χ2n) is 5.15. The maximum atomic E-state index is 9.32. The predicted molar refractivity (Wildman–Crippen MR) is 89.8 cm³/mol. The number of aliphatic imine (C=N–C) groups is 1. The summed E-state index contributed by atoms with van der Waals surface area (Å²) in [5, 5.41) is 12.0. The molecule has 22 heavy (non-hydrogen) atoms. The van der Waals surface area contributed by atoms with Crippen molar-refractivity contribution in [1.82, 2.24) is 4.98 Å². The third-order valence-electron chi connectivity index (χ3n) is 3.34. The molecular formula is C17H19N3OS. The molecule has 2 rings (SSSR count). The normalized spacial score (nSPS) is 13.8. The summed E-state index contributed by atoms with van der Waals surface area (Å²) >= 11 is 1.49. The molecule has 4 nitrogen and oxygen atoms in total. The van der Waals surface area contributed by atoms with Gasteiger partial charge in [-0.3, -0.25) is 4.99 Å². The maximum Gasteiger partial charge on any atom is 0.133 e. The molecule has 0 bridgehead atoms. The van der Waals surface area contributed by atoms with E-state index in [0.29, 0.717) is 0 Å². The molecule has 0 aliphatic heterocycles. The Morgan fingerprint density at radius 1 is 1.41 bits per heavy atom. The molecular weight excluding hydrogens is 294 g/mol. The van der Waals surface area contributed by atoms with Crippen molar-refractivity contribution in [3.63, 3.8) is 0 Å². The van der Waals surface area contributed by atoms with Crippen LogP contribution in [0.15, 0.2) is 28.6 Å². The Kier molecular flexibility index (Phi) is 5.29. The van der Waals surface area contributed by atoms with Gasteiger partial charge in [0.25, 0.3) is 0 Å². The van der Waals surface area contributed by atoms with Gasteiger partial charge in [-0.15, -0.1) is 11.3 Å². The van der Waals surface area contributed by atoms with Crippen LogP contribution in [0.1, 0.15) is 40.7 Å². The van der Waals surface area contributed by atoms with Gasteiger partial charge in [0.15, 0.2) is 0 Å². The van der Waals surface area contributed by atoms with E-state index in [2.05, 4.69) is 22.1 Å². The van der Waals surface area contributed by atoms with Gasteiger partial charge in [0.2, 0.25) is 0 Å². The molecule has 0 aliphatic carbocycles. The molecule has 5 heteroatoms. The first-order valence-electron chi connectivity index (χ1n) is 7.04. The Balaban J connectivity index is 2.22. The molecule has 114 valence electrons. The van der Waals surface area contributed by atoms with Crippen LogP contribution in [0.5, 0.6) is 5.75 Å². The number of methoxy groups -OCH3 is 1. The lowest BCUT2D eigenvalue weighted by molar-refractivity contribution is 0.407. The van der Waals surface area contributed by atoms with Crippen LogP contribution < -0.4 is 4.74 Å². The van der Waals surface area contributed by atoms with Crippen LogP contribution in [0.3, 0.4) is 0 Å². The summed E-state index contributed by atoms with van der Waals surface area (Å²) in [5.74, 6) is 0.408. The van der Waals surface area contributed by atoms with E-state index in [9.17, 15) is 5.26 Å². The molecule has 2 atom stereocenters. The predicted octanol–water partition coefficient (Wildman–Crippen LogP) is 4.21. The minimum absolute atomic E-state index is 0.0771. The molecule has 0 N–H and O–H groups in total. The minimum atomic E-state index is -0.406. The van der Waals surface area contributed by atoms with Gasteiger partial charge in [-0.05, 0) is 26.8 Å². The molecule has 0 amide bonds. The minimum Gasteiger partial charge on any atom is -0.496 e. The average Bonchev–Trinajstić information content (AvgIpc) is 2.94. The van der Waals surface area contributed by atoms with E-state index in [0.717, 1.165) is 27.6 Å². The van der Waals surface area contributed by atoms with E-state index in [1.807, 2.05) is 38.3 Å². The van der Waals surface area contributed by atoms with Gasteiger partial charge in [-0.25, -0.2) is 4.98 Å². The number of benzene rings is 1. The first-order chi connectivity index (χ1) is 10.5. The lowest BCUT2D eigenvalue weighted by Gasteiger charge is -2.13. The van der Waals surface area contributed by atoms with E-state index in [4.69, 9.17) is 4.74 Å². The molecule has 1 aromatic heterocycles. The zero-order valence-electron chi connectivity index (χ0n) is 13.2. The Hall–Kier alpha value is -2.19. The molecule has 0 saturated heterocycles. The third kappa shape index (κ3) is 3.71. The topological polar surface area (TPSA) is 58.3 Å². The average molecular weight is 313 g/mol. The van der Waals surface area contributed by atoms with E-state index in [1.54, 1.807) is 13.3 Å². The summed E-state index contributed by atoms with van der Waals surface area (Å²) < 4.78 is 5.39. The highest BCUT2D eigenvalue weighted by Gasteiger charge is 2.14. The Morgan fingerprint density at radius 2 is 2.18 bits per heavy atom. The highest BCUT2D eigenvalue weighted by molar-refractivity contribution is 7.09. The summed E-state index contributed by atoms with van der Waals surface area (Å²) in [6.07, 6.45) is 1.69. The SMILES string of the molecule is COc1ccc(C)cc1[C@H](C)N=CC(C#N)c1nc(C)cs1. The maximum absolute atomic E-state index is 9.32. The van der Waals surface area contributed by atoms with Gasteiger partial charge >= 0.3 is 0 Å². The van der Waals surface area contributed by atoms with Crippen LogP contribution >= 0.6 is 11.3 Å². The van der Waals surface area contributed by atoms with Gasteiger partial charge in [0, 0.05) is 22.9 Å². The monoisotopic (exact) mass is 313 g/mol. The second-order valence-corrected chi connectivity index (χ2v) is 6.04. The van der Waals surface area contributed by atoms with Crippen molar-refractivity contribution >= 4 is 17.6 Å². The quantitative estimate of drug-likeness (QED) is 0.777. The fourth-order valence-corrected chi connectivity index (χ4v) is 2.94. The first kappa shape index (κ1) is 16.2. The van der Waals surface area contributed by atoms with Gasteiger partial charge in [0.1, 0.15) is 16.7 Å². The van der Waals surface area contributed by atoms with Crippen molar-refractivity contribution in [1.29, 1.82) is 5.26 Å². The van der Waals surface area contributed by atoms with Gasteiger partial charge in [-0.2, -0.15) is 5.26 Å². The number of hydrogen-bond donors (Lipinski definition) is 0. The molecule has 0 spiro atoms. The zero-order valence-corrected chi connectivity index (χ0v) is 14.0. The van der Waals surface area contributed by atoms with Crippen molar-refractivity contribution in [2.75, 3.05) is 7.11 Å². The van der Waals surface area contributed by atoms with Crippen LogP contribution in [0.2, 0.25) is 0 Å². The first-order valence-corrected chi connectivity index (χ1v) is 7.92. The lowest BCUT2D eigenvalue weighted by atomic mass is 10.0. The van der Waals surface area contributed by atoms with Gasteiger partial charge in [0.05, 0.1) is 19.2 Å². The molecule has 0 radical (unpaired) electrons. The Labute approximate surface area is 135 Å². The number of aromatic nitrogens is 1. The Bertz CT molecular complexity index is 715. The highest BCUT2D eigenvalue weighted by Crippen LogP contribution is 2.29. The van der Waals surface area contributed by atoms with E-state index >= 15 is 0 Å². The number of ether oxygens (including phenoxy) is 1. The van der Waals surface area contributed by atoms with Crippen molar-refractivity contribution in [3.8, 4) is 11.8 Å². The molecule has 1 heterocycles. The summed E-state index contributed by atoms with van der Waals surface area (Å²) in [4.78, 5) is 8.90. The highest BCUT2D eigenvalue weighted by atomic mass is 32.1. The van der Waals surface area contributed by atoms with Crippen LogP contribution in [0, 0.1) is 25.2 Å². The largest absolute Gasteiger partial charge is 0.496 e. The van der Waals surface area contributed by atoms with Crippen molar-refractivity contribution in [3.05, 3.63) is 45.4 Å². The number of nitriles is 1. The summed E-state index contributed by atoms with van der Waals surface area (Å²) in [6, 6.07) is 8.19. The standard InChI is InChI=1S/C17H19N3OS/c1-11-5-6-16(21-4)15(7-11)13(3)19-9-14(8-18)17-20-12(2)10-22-17/h5-7,9-10,13-14H,1-4H3/t13-,14?/m0/s1. The number of aryl methyl sites for hydroxylation is 2. The summed E-state index contributed by atoms with van der Waals surface area (Å²) in [7, 11) is 1.65. The summed E-state index contributed by atoms with van der Waals surface area (Å²) in [5.41, 5.74) is 3.11. The molecule has 1 unspecified atom stereocenters. The van der Waals surface area contributed by atoms with Crippen molar-refractivity contribution in [2.24, 2.45) is 4.99 Å². The molecule has 2 aromatic rings. The number of hydrogen-bond acceptors (Lipinski definition) is 5. The Morgan fingerprint density at radius 3 is 2.77 bits per heavy atom. The van der Waals surface area contributed by atoms with Gasteiger partial charge in [-0.1, -0.05) is 17.7 Å². The smallest absolute Gasteiger partial charge is 0.133 e. The molecule has 0 saturated carbocycles. The van der Waals surface area contributed by atoms with Crippen LogP contribution in [-0.4, -0.2) is 18.3 Å². The third-order valence-corrected chi connectivity index (χ3v) is 4.38. The number of rotatable bonds is 5. The van der Waals surface area contributed by atoms with Crippen LogP contribution in [-0.2, 0) is 0 Å². The van der Waals surface area contributed by atoms with Crippen molar-refractivity contribution < 1.29 is 4.74 Å². The fourth-order valence-electron chi connectivity index (χ4n) is 2.14. The second kappa shape index (κ2) is 7.19. The number of nitrogens with zero attached hydrogens (tertiary/aromatic N) is 3. The lowest BCUT2D eigenvalue weighted by Crippen LogP contribution is -2.01. The van der Waals surface area contributed by atoms with Gasteiger partial charge < -0.3 is 4.74 Å². The summed E-state index contributed by atoms with van der Waals surface area (Å²) in [6.45, 7) is 5.96. The van der Waals surface area contributed by atoms with E-state index < -0.39 is 5.92 Å². The van der Waals surface area contributed by atoms with E-state index in [1.165, 1.54) is 11.3 Å². The van der Waals surface area contributed by atoms with Crippen molar-refractivity contribution in [2.45, 2.75) is 32.7 Å². The molecule has 0 fully saturated rings. The number of thiazole rings is 1. The molecule has 1 aromatic carbocycles. The molecule has 0 aliphatic rings. The van der Waals surface area contributed by atoms with E-state index in [-0.39, 0.29) is 6.04 Å². The zero-order chi connectivity index (χ0) is 16.1. The van der Waals surface area contributed by atoms with Crippen LogP contribution in [0.25, 0.3) is 0 Å².